The summed E-state index contributed by atoms with van der Waals surface area (Å²) in [6.07, 6.45) is 2.44. The quantitative estimate of drug-likeness (QED) is 0.913. The van der Waals surface area contributed by atoms with Crippen molar-refractivity contribution in [1.82, 2.24) is 15.1 Å². The van der Waals surface area contributed by atoms with Crippen LogP contribution in [0, 0.1) is 12.8 Å². The van der Waals surface area contributed by atoms with Crippen molar-refractivity contribution in [3.8, 4) is 0 Å². The van der Waals surface area contributed by atoms with Crippen LogP contribution in [0.25, 0.3) is 0 Å². The van der Waals surface area contributed by atoms with Crippen LogP contribution in [-0.4, -0.2) is 55.0 Å². The minimum atomic E-state index is 0. The number of nitrogens with one attached hydrogen (secondary N) is 1. The van der Waals surface area contributed by atoms with Gasteiger partial charge in [-0.15, -0.1) is 12.4 Å². The minimum absolute atomic E-state index is 0. The fourth-order valence-electron chi connectivity index (χ4n) is 3.71. The third kappa shape index (κ3) is 4.46. The molecular weight excluding hydrogens is 310 g/mol. The number of likely N-dealkylation sites (N-methyl/N-ethyl adjacent to an activating group) is 1. The van der Waals surface area contributed by atoms with Crippen LogP contribution in [0.1, 0.15) is 24.0 Å². The van der Waals surface area contributed by atoms with E-state index in [9.17, 15) is 4.79 Å². The summed E-state index contributed by atoms with van der Waals surface area (Å²) in [6, 6.07) is 8.98. The molecule has 1 N–H and O–H groups in total. The van der Waals surface area contributed by atoms with Crippen molar-refractivity contribution in [1.29, 1.82) is 0 Å². The van der Waals surface area contributed by atoms with E-state index >= 15 is 0 Å². The lowest BCUT2D eigenvalue weighted by Gasteiger charge is -2.35. The normalized spacial score (nSPS) is 23.9. The van der Waals surface area contributed by atoms with Crippen molar-refractivity contribution < 1.29 is 4.79 Å². The maximum Gasteiger partial charge on any atom is 0.236 e. The molecule has 0 saturated carbocycles. The van der Waals surface area contributed by atoms with Crippen LogP contribution in [-0.2, 0) is 11.3 Å². The van der Waals surface area contributed by atoms with Gasteiger partial charge in [-0.2, -0.15) is 0 Å². The second-order valence-electron chi connectivity index (χ2n) is 6.81. The number of hydrogen-bond donors (Lipinski definition) is 1. The second kappa shape index (κ2) is 8.13. The Morgan fingerprint density at radius 2 is 2.13 bits per heavy atom. The van der Waals surface area contributed by atoms with Crippen LogP contribution in [0.3, 0.4) is 0 Å². The molecule has 2 saturated heterocycles. The van der Waals surface area contributed by atoms with Crippen LogP contribution in [0.4, 0.5) is 0 Å². The zero-order valence-electron chi connectivity index (χ0n) is 14.1. The Kier molecular flexibility index (Phi) is 6.45. The fourth-order valence-corrected chi connectivity index (χ4v) is 3.71. The molecule has 0 radical (unpaired) electrons. The van der Waals surface area contributed by atoms with Crippen LogP contribution in [0.2, 0.25) is 0 Å². The van der Waals surface area contributed by atoms with Gasteiger partial charge in [-0.25, -0.2) is 0 Å². The van der Waals surface area contributed by atoms with E-state index in [1.54, 1.807) is 0 Å². The van der Waals surface area contributed by atoms with Gasteiger partial charge in [-0.05, 0) is 43.4 Å². The lowest BCUT2D eigenvalue weighted by molar-refractivity contribution is -0.132. The van der Waals surface area contributed by atoms with Gasteiger partial charge in [0.25, 0.3) is 0 Å². The van der Waals surface area contributed by atoms with E-state index in [0.29, 0.717) is 19.1 Å². The summed E-state index contributed by atoms with van der Waals surface area (Å²) in [5.41, 5.74) is 2.48. The number of hydrogen-bond acceptors (Lipinski definition) is 3. The predicted molar refractivity (Wildman–Crippen MR) is 95.9 cm³/mol. The van der Waals surface area contributed by atoms with Gasteiger partial charge in [0.1, 0.15) is 0 Å². The van der Waals surface area contributed by atoms with E-state index in [-0.39, 0.29) is 18.3 Å². The van der Waals surface area contributed by atoms with Gasteiger partial charge >= 0.3 is 0 Å². The number of fused-ring (bicyclic) bond motifs is 1. The van der Waals surface area contributed by atoms with Crippen molar-refractivity contribution in [2.45, 2.75) is 32.4 Å². The zero-order chi connectivity index (χ0) is 15.5. The summed E-state index contributed by atoms with van der Waals surface area (Å²) in [5.74, 6) is 0.968. The monoisotopic (exact) mass is 337 g/mol. The average Bonchev–Trinajstić information content (AvgIpc) is 2.97. The number of carbonyl (C=O) groups is 1. The SMILES string of the molecule is Cc1ccccc1CN(C)C(=O)CN1CCC2NCCC2C1.Cl. The molecule has 5 heteroatoms. The molecule has 0 bridgehead atoms. The average molecular weight is 338 g/mol. The van der Waals surface area contributed by atoms with Gasteiger partial charge in [-0.3, -0.25) is 9.69 Å². The molecule has 1 aromatic carbocycles. The Labute approximate surface area is 145 Å². The van der Waals surface area contributed by atoms with Crippen LogP contribution < -0.4 is 5.32 Å². The lowest BCUT2D eigenvalue weighted by atomic mass is 9.93. The molecule has 23 heavy (non-hydrogen) atoms. The molecule has 128 valence electrons. The summed E-state index contributed by atoms with van der Waals surface area (Å²) in [5, 5.41) is 3.57. The van der Waals surface area contributed by atoms with E-state index in [2.05, 4.69) is 29.3 Å². The Balaban J connectivity index is 0.00000192. The summed E-state index contributed by atoms with van der Waals surface area (Å²) >= 11 is 0. The molecule has 1 aromatic rings. The predicted octanol–water partition coefficient (Wildman–Crippen LogP) is 2.06. The first-order valence-electron chi connectivity index (χ1n) is 8.37. The molecule has 0 aliphatic carbocycles. The Morgan fingerprint density at radius 3 is 2.91 bits per heavy atom. The Bertz CT molecular complexity index is 537. The highest BCUT2D eigenvalue weighted by molar-refractivity contribution is 5.85. The topological polar surface area (TPSA) is 35.6 Å². The molecule has 2 aliphatic rings. The summed E-state index contributed by atoms with van der Waals surface area (Å²) < 4.78 is 0. The van der Waals surface area contributed by atoms with Crippen LogP contribution >= 0.6 is 12.4 Å². The Hall–Kier alpha value is -1.10. The number of carbonyl (C=O) groups excluding carboxylic acids is 1. The molecule has 2 heterocycles. The number of aryl methyl sites for hydroxylation is 1. The van der Waals surface area contributed by atoms with E-state index in [1.807, 2.05) is 24.1 Å². The summed E-state index contributed by atoms with van der Waals surface area (Å²) in [7, 11) is 1.92. The van der Waals surface area contributed by atoms with E-state index in [0.717, 1.165) is 25.6 Å². The first-order valence-corrected chi connectivity index (χ1v) is 8.37. The van der Waals surface area contributed by atoms with E-state index in [4.69, 9.17) is 0 Å². The van der Waals surface area contributed by atoms with Crippen LogP contribution in [0.5, 0.6) is 0 Å². The zero-order valence-corrected chi connectivity index (χ0v) is 14.9. The molecule has 3 rings (SSSR count). The smallest absolute Gasteiger partial charge is 0.236 e. The number of benzene rings is 1. The van der Waals surface area contributed by atoms with Crippen LogP contribution in [0.15, 0.2) is 24.3 Å². The lowest BCUT2D eigenvalue weighted by Crippen LogP contribution is -2.48. The molecular formula is C18H28ClN3O. The number of halogens is 1. The fraction of sp³-hybridized carbons (Fsp3) is 0.611. The number of amides is 1. The first kappa shape index (κ1) is 18.2. The number of piperidine rings is 1. The van der Waals surface area contributed by atoms with Gasteiger partial charge in [0.15, 0.2) is 0 Å². The van der Waals surface area contributed by atoms with E-state index in [1.165, 1.54) is 24.0 Å². The largest absolute Gasteiger partial charge is 0.340 e. The van der Waals surface area contributed by atoms with Crippen molar-refractivity contribution in [2.75, 3.05) is 33.2 Å². The second-order valence-corrected chi connectivity index (χ2v) is 6.81. The standard InChI is InChI=1S/C18H27N3O.ClH/c1-14-5-3-4-6-15(14)11-20(2)18(22)13-21-10-8-17-16(12-21)7-9-19-17;/h3-6,16-17,19H,7-13H2,1-2H3;1H. The van der Waals surface area contributed by atoms with Gasteiger partial charge in [0, 0.05) is 32.7 Å². The molecule has 1 amide bonds. The highest BCUT2D eigenvalue weighted by Crippen LogP contribution is 2.24. The maximum absolute atomic E-state index is 12.5. The number of likely N-dealkylation sites (tertiary alicyclic amines) is 1. The summed E-state index contributed by atoms with van der Waals surface area (Å²) in [6.45, 7) is 6.62. The van der Waals surface area contributed by atoms with Gasteiger partial charge in [0.2, 0.25) is 5.91 Å². The maximum atomic E-state index is 12.5. The molecule has 2 unspecified atom stereocenters. The highest BCUT2D eigenvalue weighted by atomic mass is 35.5. The van der Waals surface area contributed by atoms with Crippen molar-refractivity contribution >= 4 is 18.3 Å². The first-order chi connectivity index (χ1) is 10.6. The minimum Gasteiger partial charge on any atom is -0.340 e. The van der Waals surface area contributed by atoms with Crippen molar-refractivity contribution in [2.24, 2.45) is 5.92 Å². The number of nitrogens with zero attached hydrogens (tertiary/aromatic N) is 2. The summed E-state index contributed by atoms with van der Waals surface area (Å²) in [4.78, 5) is 16.7. The van der Waals surface area contributed by atoms with Gasteiger partial charge in [-0.1, -0.05) is 24.3 Å². The molecule has 2 aliphatic heterocycles. The third-order valence-electron chi connectivity index (χ3n) is 5.19. The molecule has 0 spiro atoms. The van der Waals surface area contributed by atoms with E-state index < -0.39 is 0 Å². The molecule has 0 aromatic heterocycles. The molecule has 2 fully saturated rings. The van der Waals surface area contributed by atoms with Gasteiger partial charge < -0.3 is 10.2 Å². The third-order valence-corrected chi connectivity index (χ3v) is 5.19. The molecule has 2 atom stereocenters. The Morgan fingerprint density at radius 1 is 1.35 bits per heavy atom. The van der Waals surface area contributed by atoms with Gasteiger partial charge in [0.05, 0.1) is 6.54 Å². The highest BCUT2D eigenvalue weighted by Gasteiger charge is 2.33. The van der Waals surface area contributed by atoms with Crippen molar-refractivity contribution in [3.63, 3.8) is 0 Å². The van der Waals surface area contributed by atoms with Crippen molar-refractivity contribution in [3.05, 3.63) is 35.4 Å². The number of rotatable bonds is 4. The molecule has 4 nitrogen and oxygen atoms in total.